The van der Waals surface area contributed by atoms with E-state index in [0.29, 0.717) is 29.4 Å². The molecule has 0 saturated heterocycles. The number of sulfonamides is 1. The van der Waals surface area contributed by atoms with Crippen molar-refractivity contribution in [3.63, 3.8) is 0 Å². The zero-order chi connectivity index (χ0) is 23.3. The van der Waals surface area contributed by atoms with Gasteiger partial charge in [-0.1, -0.05) is 48.0 Å². The molecule has 0 atom stereocenters. The van der Waals surface area contributed by atoms with Gasteiger partial charge >= 0.3 is 0 Å². The number of rotatable bonds is 8. The van der Waals surface area contributed by atoms with E-state index in [0.717, 1.165) is 11.1 Å². The smallest absolute Gasteiger partial charge is 0.264 e. The molecule has 3 rings (SSSR count). The molecule has 0 heterocycles. The number of nitrogens with zero attached hydrogens (tertiary/aromatic N) is 2. The van der Waals surface area contributed by atoms with Crippen molar-refractivity contribution in [3.8, 4) is 0 Å². The van der Waals surface area contributed by atoms with E-state index >= 15 is 0 Å². The van der Waals surface area contributed by atoms with Gasteiger partial charge in [-0.25, -0.2) is 8.42 Å². The highest BCUT2D eigenvalue weighted by atomic mass is 35.5. The zero-order valence-corrected chi connectivity index (χ0v) is 20.0. The van der Waals surface area contributed by atoms with Crippen LogP contribution in [0.1, 0.15) is 35.3 Å². The summed E-state index contributed by atoms with van der Waals surface area (Å²) >= 11 is 6.21. The highest BCUT2D eigenvalue weighted by Crippen LogP contribution is 2.31. The molecule has 0 aliphatic carbocycles. The van der Waals surface area contributed by atoms with E-state index in [4.69, 9.17) is 11.6 Å². The Morgan fingerprint density at radius 2 is 1.53 bits per heavy atom. The molecule has 0 spiro atoms. The number of benzene rings is 3. The van der Waals surface area contributed by atoms with Crippen LogP contribution in [0.4, 0.5) is 5.69 Å². The molecule has 0 aromatic heterocycles. The van der Waals surface area contributed by atoms with E-state index in [9.17, 15) is 13.2 Å². The average molecular weight is 471 g/mol. The Kier molecular flexibility index (Phi) is 7.59. The predicted molar refractivity (Wildman–Crippen MR) is 130 cm³/mol. The fourth-order valence-corrected chi connectivity index (χ4v) is 5.18. The molecule has 0 N–H and O–H groups in total. The fraction of sp³-hybridized carbons (Fsp3) is 0.240. The molecule has 7 heteroatoms. The second-order valence-corrected chi connectivity index (χ2v) is 9.73. The largest absolute Gasteiger partial charge is 0.339 e. The van der Waals surface area contributed by atoms with Crippen molar-refractivity contribution in [1.82, 2.24) is 4.90 Å². The minimum atomic E-state index is -3.84. The Balaban J connectivity index is 2.00. The van der Waals surface area contributed by atoms with Crippen molar-refractivity contribution < 1.29 is 13.2 Å². The van der Waals surface area contributed by atoms with Gasteiger partial charge in [0.2, 0.25) is 0 Å². The Morgan fingerprint density at radius 3 is 2.12 bits per heavy atom. The molecule has 0 radical (unpaired) electrons. The van der Waals surface area contributed by atoms with Gasteiger partial charge < -0.3 is 4.90 Å². The van der Waals surface area contributed by atoms with E-state index in [1.54, 1.807) is 77.7 Å². The first-order valence-electron chi connectivity index (χ1n) is 10.5. The van der Waals surface area contributed by atoms with Gasteiger partial charge in [0.1, 0.15) is 0 Å². The quantitative estimate of drug-likeness (QED) is 0.435. The first-order chi connectivity index (χ1) is 15.3. The van der Waals surface area contributed by atoms with Crippen LogP contribution in [0.5, 0.6) is 0 Å². The molecule has 0 fully saturated rings. The minimum absolute atomic E-state index is 0.0407. The summed E-state index contributed by atoms with van der Waals surface area (Å²) in [4.78, 5) is 14.5. The normalized spacial score (nSPS) is 11.2. The molecule has 0 saturated carbocycles. The lowest BCUT2D eigenvalue weighted by molar-refractivity contribution is 0.0773. The number of carbonyl (C=O) groups is 1. The maximum absolute atomic E-state index is 13.6. The molecule has 0 unspecified atom stereocenters. The Morgan fingerprint density at radius 1 is 0.906 bits per heavy atom. The summed E-state index contributed by atoms with van der Waals surface area (Å²) in [5.74, 6) is -0.0407. The highest BCUT2D eigenvalue weighted by molar-refractivity contribution is 7.92. The lowest BCUT2D eigenvalue weighted by Crippen LogP contribution is -2.31. The molecular formula is C25H27ClN2O3S. The molecule has 0 aliphatic heterocycles. The van der Waals surface area contributed by atoms with Gasteiger partial charge in [-0.2, -0.15) is 0 Å². The molecular weight excluding hydrogens is 444 g/mol. The molecule has 32 heavy (non-hydrogen) atoms. The topological polar surface area (TPSA) is 57.7 Å². The zero-order valence-electron chi connectivity index (χ0n) is 18.5. The fourth-order valence-electron chi connectivity index (χ4n) is 3.48. The summed E-state index contributed by atoms with van der Waals surface area (Å²) in [5, 5.41) is 0.457. The average Bonchev–Trinajstić information content (AvgIpc) is 2.81. The Bertz CT molecular complexity index is 1180. The van der Waals surface area contributed by atoms with Gasteiger partial charge in [0.15, 0.2) is 0 Å². The van der Waals surface area contributed by atoms with Crippen molar-refractivity contribution in [2.75, 3.05) is 17.4 Å². The second kappa shape index (κ2) is 10.2. The number of aryl methyl sites for hydroxylation is 1. The molecule has 0 aliphatic rings. The summed E-state index contributed by atoms with van der Waals surface area (Å²) in [7, 11) is -3.84. The van der Waals surface area contributed by atoms with Crippen molar-refractivity contribution in [3.05, 3.63) is 94.5 Å². The summed E-state index contributed by atoms with van der Waals surface area (Å²) < 4.78 is 28.5. The SMILES string of the molecule is CCN(CC)C(=O)c1ccc(CN(c2cc(Cl)ccc2C)S(=O)(=O)c2ccccc2)cc1. The van der Waals surface area contributed by atoms with Gasteiger partial charge in [0, 0.05) is 23.7 Å². The van der Waals surface area contributed by atoms with Crippen molar-refractivity contribution in [1.29, 1.82) is 0 Å². The summed E-state index contributed by atoms with van der Waals surface area (Å²) in [6, 6.07) is 20.6. The Hall–Kier alpha value is -2.83. The number of hydrogen-bond donors (Lipinski definition) is 0. The summed E-state index contributed by atoms with van der Waals surface area (Å²) in [6.07, 6.45) is 0. The van der Waals surface area contributed by atoms with Gasteiger partial charge in [-0.15, -0.1) is 0 Å². The van der Waals surface area contributed by atoms with E-state index in [-0.39, 0.29) is 17.3 Å². The van der Waals surface area contributed by atoms with Crippen LogP contribution in [0.25, 0.3) is 0 Å². The van der Waals surface area contributed by atoms with Crippen LogP contribution in [0, 0.1) is 6.92 Å². The maximum atomic E-state index is 13.6. The van der Waals surface area contributed by atoms with Crippen LogP contribution in [0.15, 0.2) is 77.7 Å². The third kappa shape index (κ3) is 5.14. The number of carbonyl (C=O) groups excluding carboxylic acids is 1. The number of halogens is 1. The van der Waals surface area contributed by atoms with Crippen LogP contribution in [0.2, 0.25) is 5.02 Å². The van der Waals surface area contributed by atoms with E-state index in [1.807, 2.05) is 20.8 Å². The van der Waals surface area contributed by atoms with E-state index in [1.165, 1.54) is 4.31 Å². The van der Waals surface area contributed by atoms with E-state index < -0.39 is 10.0 Å². The first-order valence-corrected chi connectivity index (χ1v) is 12.3. The second-order valence-electron chi connectivity index (χ2n) is 7.43. The van der Waals surface area contributed by atoms with Gasteiger partial charge in [-0.05, 0) is 68.3 Å². The lowest BCUT2D eigenvalue weighted by Gasteiger charge is -2.26. The first kappa shape index (κ1) is 23.8. The van der Waals surface area contributed by atoms with Crippen molar-refractivity contribution in [2.24, 2.45) is 0 Å². The molecule has 3 aromatic carbocycles. The van der Waals surface area contributed by atoms with Crippen LogP contribution in [0.3, 0.4) is 0 Å². The predicted octanol–water partition coefficient (Wildman–Crippen LogP) is 5.53. The third-order valence-electron chi connectivity index (χ3n) is 5.35. The number of anilines is 1. The number of amides is 1. The molecule has 0 bridgehead atoms. The molecule has 3 aromatic rings. The lowest BCUT2D eigenvalue weighted by atomic mass is 10.1. The summed E-state index contributed by atoms with van der Waals surface area (Å²) in [5.41, 5.74) is 2.65. The minimum Gasteiger partial charge on any atom is -0.339 e. The van der Waals surface area contributed by atoms with Gasteiger partial charge in [0.05, 0.1) is 17.1 Å². The van der Waals surface area contributed by atoms with Crippen molar-refractivity contribution in [2.45, 2.75) is 32.2 Å². The van der Waals surface area contributed by atoms with Gasteiger partial charge in [-0.3, -0.25) is 9.10 Å². The number of hydrogen-bond acceptors (Lipinski definition) is 3. The summed E-state index contributed by atoms with van der Waals surface area (Å²) in [6.45, 7) is 7.11. The van der Waals surface area contributed by atoms with Crippen molar-refractivity contribution >= 4 is 33.2 Å². The molecule has 1 amide bonds. The van der Waals surface area contributed by atoms with Crippen LogP contribution in [-0.2, 0) is 16.6 Å². The highest BCUT2D eigenvalue weighted by Gasteiger charge is 2.26. The van der Waals surface area contributed by atoms with Gasteiger partial charge in [0.25, 0.3) is 15.9 Å². The standard InChI is InChI=1S/C25H27ClN2O3S/c1-4-27(5-2)25(29)21-14-12-20(13-15-21)18-28(24-17-22(26)16-11-19(24)3)32(30,31)23-9-7-6-8-10-23/h6-17H,4-5,18H2,1-3H3. The van der Waals surface area contributed by atoms with Crippen LogP contribution in [-0.4, -0.2) is 32.3 Å². The van der Waals surface area contributed by atoms with Crippen LogP contribution >= 0.6 is 11.6 Å². The third-order valence-corrected chi connectivity index (χ3v) is 7.36. The molecule has 5 nitrogen and oxygen atoms in total. The molecule has 168 valence electrons. The van der Waals surface area contributed by atoms with E-state index in [2.05, 4.69) is 0 Å². The Labute approximate surface area is 195 Å². The van der Waals surface area contributed by atoms with Crippen LogP contribution < -0.4 is 4.31 Å². The monoisotopic (exact) mass is 470 g/mol. The maximum Gasteiger partial charge on any atom is 0.264 e.